The van der Waals surface area contributed by atoms with E-state index in [0.29, 0.717) is 17.8 Å². The Bertz CT molecular complexity index is 1040. The molecule has 0 radical (unpaired) electrons. The summed E-state index contributed by atoms with van der Waals surface area (Å²) in [6.45, 7) is 8.99. The van der Waals surface area contributed by atoms with Crippen molar-refractivity contribution in [3.63, 3.8) is 0 Å². The summed E-state index contributed by atoms with van der Waals surface area (Å²) in [5.41, 5.74) is 4.05. The van der Waals surface area contributed by atoms with E-state index in [1.165, 1.54) is 6.42 Å². The smallest absolute Gasteiger partial charge is 0.326 e. The lowest BCUT2D eigenvalue weighted by atomic mass is 9.75. The number of carbonyl (C=O) groups excluding carboxylic acids is 1. The van der Waals surface area contributed by atoms with Crippen molar-refractivity contribution in [2.45, 2.75) is 59.6 Å². The number of ether oxygens (including phenoxy) is 1. The molecular weight excluding hydrogens is 372 g/mol. The highest BCUT2D eigenvalue weighted by Gasteiger charge is 2.33. The van der Waals surface area contributed by atoms with E-state index in [1.807, 2.05) is 41.0 Å². The van der Waals surface area contributed by atoms with Gasteiger partial charge in [0.2, 0.25) is 0 Å². The fraction of sp³-hybridized carbons (Fsp3) is 0.462. The van der Waals surface area contributed by atoms with Gasteiger partial charge in [-0.05, 0) is 55.2 Å². The Morgan fingerprint density at radius 3 is 2.63 bits per heavy atom. The Balaban J connectivity index is 1.64. The topological polar surface area (TPSA) is 44.1 Å². The first-order valence-electron chi connectivity index (χ1n) is 11.1. The molecule has 0 spiro atoms. The van der Waals surface area contributed by atoms with Crippen LogP contribution in [0.1, 0.15) is 45.6 Å². The molecule has 0 saturated heterocycles. The predicted molar refractivity (Wildman–Crippen MR) is 121 cm³/mol. The van der Waals surface area contributed by atoms with Crippen LogP contribution < -0.4 is 0 Å². The van der Waals surface area contributed by atoms with Crippen LogP contribution in [0.15, 0.2) is 48.5 Å². The molecule has 1 aliphatic carbocycles. The summed E-state index contributed by atoms with van der Waals surface area (Å²) in [5.74, 6) is 2.23. The molecule has 3 atom stereocenters. The Hall–Kier alpha value is -2.62. The van der Waals surface area contributed by atoms with Crippen LogP contribution in [0, 0.1) is 24.7 Å². The molecule has 4 rings (SSSR count). The fourth-order valence-corrected chi connectivity index (χ4v) is 4.85. The van der Waals surface area contributed by atoms with Gasteiger partial charge >= 0.3 is 5.97 Å². The number of para-hydroxylation sites is 2. The van der Waals surface area contributed by atoms with Gasteiger partial charge in [-0.15, -0.1) is 0 Å². The molecular formula is C26H32N2O2. The van der Waals surface area contributed by atoms with Gasteiger partial charge in [-0.25, -0.2) is 4.98 Å². The summed E-state index contributed by atoms with van der Waals surface area (Å²) in [7, 11) is 0. The molecule has 30 heavy (non-hydrogen) atoms. The zero-order valence-corrected chi connectivity index (χ0v) is 18.5. The minimum absolute atomic E-state index is 0.0120. The molecule has 1 unspecified atom stereocenters. The van der Waals surface area contributed by atoms with Gasteiger partial charge in [-0.2, -0.15) is 0 Å². The maximum absolute atomic E-state index is 13.1. The molecule has 2 aromatic carbocycles. The second kappa shape index (κ2) is 8.63. The highest BCUT2D eigenvalue weighted by molar-refractivity contribution is 5.83. The van der Waals surface area contributed by atoms with Crippen molar-refractivity contribution in [3.05, 3.63) is 54.1 Å². The highest BCUT2D eigenvalue weighted by atomic mass is 16.5. The van der Waals surface area contributed by atoms with Gasteiger partial charge in [0, 0.05) is 5.56 Å². The lowest BCUT2D eigenvalue weighted by Gasteiger charge is -2.36. The molecule has 3 aromatic rings. The maximum atomic E-state index is 13.1. The fourth-order valence-electron chi connectivity index (χ4n) is 4.85. The largest absolute Gasteiger partial charge is 0.461 e. The first-order valence-corrected chi connectivity index (χ1v) is 11.1. The van der Waals surface area contributed by atoms with E-state index in [-0.39, 0.29) is 18.6 Å². The molecule has 1 fully saturated rings. The second-order valence-corrected chi connectivity index (χ2v) is 9.18. The van der Waals surface area contributed by atoms with Crippen LogP contribution in [0.3, 0.4) is 0 Å². The van der Waals surface area contributed by atoms with Crippen LogP contribution in [0.5, 0.6) is 0 Å². The number of imidazole rings is 1. The number of hydrogen-bond acceptors (Lipinski definition) is 3. The number of benzene rings is 2. The summed E-state index contributed by atoms with van der Waals surface area (Å²) in [4.78, 5) is 17.9. The van der Waals surface area contributed by atoms with Gasteiger partial charge in [0.15, 0.2) is 0 Å². The predicted octanol–water partition coefficient (Wildman–Crippen LogP) is 6.02. The minimum Gasteiger partial charge on any atom is -0.461 e. The average molecular weight is 405 g/mol. The Kier molecular flexibility index (Phi) is 5.94. The zero-order chi connectivity index (χ0) is 21.3. The second-order valence-electron chi connectivity index (χ2n) is 9.18. The van der Waals surface area contributed by atoms with Gasteiger partial charge in [0.05, 0.1) is 11.0 Å². The quantitative estimate of drug-likeness (QED) is 0.489. The number of aromatic nitrogens is 2. The number of esters is 1. The molecule has 0 amide bonds. The minimum atomic E-state index is -0.169. The SMILES string of the molecule is Cc1ccccc1-c1nc2ccccc2n1CC(=O)O[C@@H]1C[C@H](C)CCC1C(C)C. The van der Waals surface area contributed by atoms with Gasteiger partial charge in [-0.1, -0.05) is 63.6 Å². The Morgan fingerprint density at radius 1 is 1.13 bits per heavy atom. The highest BCUT2D eigenvalue weighted by Crippen LogP contribution is 2.35. The molecule has 1 aromatic heterocycles. The molecule has 4 heteroatoms. The van der Waals surface area contributed by atoms with Gasteiger partial charge in [0.1, 0.15) is 18.5 Å². The number of hydrogen-bond donors (Lipinski definition) is 0. The summed E-state index contributed by atoms with van der Waals surface area (Å²) in [6.07, 6.45) is 3.34. The van der Waals surface area contributed by atoms with Crippen LogP contribution in [0.2, 0.25) is 0 Å². The van der Waals surface area contributed by atoms with Crippen LogP contribution in [-0.4, -0.2) is 21.6 Å². The first-order chi connectivity index (χ1) is 14.4. The molecule has 0 bridgehead atoms. The van der Waals surface area contributed by atoms with E-state index in [0.717, 1.165) is 40.8 Å². The Labute approximate surface area is 179 Å². The number of nitrogens with zero attached hydrogens (tertiary/aromatic N) is 2. The van der Waals surface area contributed by atoms with Crippen LogP contribution >= 0.6 is 0 Å². The van der Waals surface area contributed by atoms with Crippen molar-refractivity contribution in [2.24, 2.45) is 17.8 Å². The molecule has 1 saturated carbocycles. The molecule has 4 nitrogen and oxygen atoms in total. The molecule has 158 valence electrons. The normalized spacial score (nSPS) is 21.8. The Morgan fingerprint density at radius 2 is 1.87 bits per heavy atom. The van der Waals surface area contributed by atoms with Gasteiger partial charge in [0.25, 0.3) is 0 Å². The van der Waals surface area contributed by atoms with Crippen molar-refractivity contribution in [1.82, 2.24) is 9.55 Å². The lowest BCUT2D eigenvalue weighted by molar-refractivity contribution is -0.156. The van der Waals surface area contributed by atoms with E-state index in [1.54, 1.807) is 0 Å². The van der Waals surface area contributed by atoms with Gasteiger partial charge in [-0.3, -0.25) is 4.79 Å². The van der Waals surface area contributed by atoms with Crippen molar-refractivity contribution < 1.29 is 9.53 Å². The van der Waals surface area contributed by atoms with Crippen molar-refractivity contribution >= 4 is 17.0 Å². The number of carbonyl (C=O) groups is 1. The third-order valence-electron chi connectivity index (χ3n) is 6.57. The third kappa shape index (κ3) is 4.14. The van der Waals surface area contributed by atoms with Crippen LogP contribution in [0.25, 0.3) is 22.4 Å². The summed E-state index contributed by atoms with van der Waals surface area (Å²) in [6, 6.07) is 16.2. The number of fused-ring (bicyclic) bond motifs is 1. The van der Waals surface area contributed by atoms with E-state index in [4.69, 9.17) is 9.72 Å². The van der Waals surface area contributed by atoms with Crippen molar-refractivity contribution in [2.75, 3.05) is 0 Å². The zero-order valence-electron chi connectivity index (χ0n) is 18.5. The van der Waals surface area contributed by atoms with Gasteiger partial charge < -0.3 is 9.30 Å². The molecule has 0 N–H and O–H groups in total. The van der Waals surface area contributed by atoms with E-state index < -0.39 is 0 Å². The van der Waals surface area contributed by atoms with E-state index >= 15 is 0 Å². The summed E-state index contributed by atoms with van der Waals surface area (Å²) in [5, 5.41) is 0. The summed E-state index contributed by atoms with van der Waals surface area (Å²) >= 11 is 0. The third-order valence-corrected chi connectivity index (χ3v) is 6.57. The van der Waals surface area contributed by atoms with Crippen LogP contribution in [-0.2, 0) is 16.1 Å². The van der Waals surface area contributed by atoms with E-state index in [9.17, 15) is 4.79 Å². The van der Waals surface area contributed by atoms with Crippen LogP contribution in [0.4, 0.5) is 0 Å². The lowest BCUT2D eigenvalue weighted by Crippen LogP contribution is -2.36. The van der Waals surface area contributed by atoms with Crippen molar-refractivity contribution in [1.29, 1.82) is 0 Å². The standard InChI is InChI=1S/C26H32N2O2/c1-17(2)20-14-13-18(3)15-24(20)30-25(29)16-28-23-12-8-7-11-22(23)27-26(28)21-10-6-5-9-19(21)4/h5-12,17-18,20,24H,13-16H2,1-4H3/t18-,20?,24-/m1/s1. The number of aryl methyl sites for hydroxylation is 1. The average Bonchev–Trinajstić information content (AvgIpc) is 3.06. The molecule has 1 aliphatic rings. The van der Waals surface area contributed by atoms with E-state index in [2.05, 4.69) is 39.8 Å². The van der Waals surface area contributed by atoms with Crippen molar-refractivity contribution in [3.8, 4) is 11.4 Å². The summed E-state index contributed by atoms with van der Waals surface area (Å²) < 4.78 is 8.10. The molecule has 0 aliphatic heterocycles. The maximum Gasteiger partial charge on any atom is 0.326 e. The monoisotopic (exact) mass is 404 g/mol. The first kappa shape index (κ1) is 20.6. The molecule has 1 heterocycles. The number of rotatable bonds is 5.